The fourth-order valence-corrected chi connectivity index (χ4v) is 4.92. The molecule has 0 radical (unpaired) electrons. The Hall–Kier alpha value is -2.97. The van der Waals surface area contributed by atoms with Crippen LogP contribution in [0.4, 0.5) is 0 Å². The molecule has 0 saturated carbocycles. The first-order chi connectivity index (χ1) is 15.3. The fraction of sp³-hybridized carbons (Fsp3) is 0.333. The number of piperidine rings is 1. The lowest BCUT2D eigenvalue weighted by molar-refractivity contribution is -0.135. The van der Waals surface area contributed by atoms with Gasteiger partial charge in [-0.15, -0.1) is 0 Å². The molecule has 1 heterocycles. The Bertz CT molecular complexity index is 1060. The molecule has 0 spiro atoms. The first kappa shape index (κ1) is 23.7. The molecule has 0 atom stereocenters. The molecule has 2 aromatic carbocycles. The summed E-state index contributed by atoms with van der Waals surface area (Å²) in [6, 6.07) is 16.2. The van der Waals surface area contributed by atoms with Crippen molar-refractivity contribution in [1.82, 2.24) is 9.21 Å². The van der Waals surface area contributed by atoms with Gasteiger partial charge in [0.15, 0.2) is 0 Å². The first-order valence-corrected chi connectivity index (χ1v) is 12.0. The number of nitrogens with zero attached hydrogens (tertiary/aromatic N) is 2. The molecule has 8 heteroatoms. The Morgan fingerprint density at radius 2 is 1.69 bits per heavy atom. The van der Waals surface area contributed by atoms with Gasteiger partial charge in [0, 0.05) is 38.0 Å². The average Bonchev–Trinajstić information content (AvgIpc) is 2.83. The van der Waals surface area contributed by atoms with Crippen LogP contribution in [0.2, 0.25) is 0 Å². The van der Waals surface area contributed by atoms with E-state index in [1.165, 1.54) is 16.8 Å². The number of sulfonamides is 1. The van der Waals surface area contributed by atoms with Crippen LogP contribution in [0.3, 0.4) is 0 Å². The van der Waals surface area contributed by atoms with Crippen LogP contribution in [-0.2, 0) is 26.1 Å². The van der Waals surface area contributed by atoms with Crippen LogP contribution >= 0.6 is 0 Å². The van der Waals surface area contributed by atoms with E-state index in [-0.39, 0.29) is 11.8 Å². The lowest BCUT2D eigenvalue weighted by atomic mass is 9.96. The molecule has 0 unspecified atom stereocenters. The molecule has 170 valence electrons. The molecule has 2 aromatic rings. The Balaban J connectivity index is 1.53. The number of rotatable bonds is 7. The highest BCUT2D eigenvalue weighted by molar-refractivity contribution is 7.92. The Morgan fingerprint density at radius 1 is 1.06 bits per heavy atom. The molecule has 1 amide bonds. The minimum atomic E-state index is -3.52. The third-order valence-corrected chi connectivity index (χ3v) is 7.13. The van der Waals surface area contributed by atoms with Crippen molar-refractivity contribution < 1.29 is 22.7 Å². The van der Waals surface area contributed by atoms with Gasteiger partial charge in [-0.3, -0.25) is 4.79 Å². The zero-order chi connectivity index (χ0) is 23.1. The quantitative estimate of drug-likeness (QED) is 0.598. The molecule has 0 bridgehead atoms. The van der Waals surface area contributed by atoms with Crippen molar-refractivity contribution in [2.24, 2.45) is 5.92 Å². The lowest BCUT2D eigenvalue weighted by Gasteiger charge is -2.32. The molecule has 0 N–H and O–H groups in total. The maximum absolute atomic E-state index is 12.9. The van der Waals surface area contributed by atoms with Gasteiger partial charge in [0.1, 0.15) is 0 Å². The molecule has 1 aliphatic rings. The number of carbonyl (C=O) groups excluding carboxylic acids is 2. The van der Waals surface area contributed by atoms with Crippen LogP contribution in [0.15, 0.2) is 60.0 Å². The van der Waals surface area contributed by atoms with E-state index in [0.29, 0.717) is 38.0 Å². The highest BCUT2D eigenvalue weighted by atomic mass is 32.2. The van der Waals surface area contributed by atoms with E-state index in [2.05, 4.69) is 0 Å². The molecule has 3 rings (SSSR count). The summed E-state index contributed by atoms with van der Waals surface area (Å²) < 4.78 is 31.4. The predicted molar refractivity (Wildman–Crippen MR) is 123 cm³/mol. The standard InChI is InChI=1S/C24H28N2O5S/c1-25(18-20-8-10-22(11-9-20)24(28)31-2)23(27)21-12-15-26(16-13-21)32(29,30)17-14-19-6-4-3-5-7-19/h3-11,14,17,21H,12-13,15-16,18H2,1-2H3/b17-14+. The van der Waals surface area contributed by atoms with E-state index in [4.69, 9.17) is 4.74 Å². The smallest absolute Gasteiger partial charge is 0.337 e. The second kappa shape index (κ2) is 10.6. The lowest BCUT2D eigenvalue weighted by Crippen LogP contribution is -2.42. The summed E-state index contributed by atoms with van der Waals surface area (Å²) in [6.07, 6.45) is 2.57. The third kappa shape index (κ3) is 6.05. The highest BCUT2D eigenvalue weighted by Gasteiger charge is 2.31. The first-order valence-electron chi connectivity index (χ1n) is 10.5. The number of benzene rings is 2. The SMILES string of the molecule is COC(=O)c1ccc(CN(C)C(=O)C2CCN(S(=O)(=O)/C=C/c3ccccc3)CC2)cc1. The van der Waals surface area contributed by atoms with E-state index >= 15 is 0 Å². The molecule has 1 aliphatic heterocycles. The van der Waals surface area contributed by atoms with Gasteiger partial charge in [0.05, 0.1) is 12.7 Å². The van der Waals surface area contributed by atoms with Crippen molar-refractivity contribution in [3.05, 3.63) is 76.7 Å². The van der Waals surface area contributed by atoms with E-state index in [1.807, 2.05) is 30.3 Å². The van der Waals surface area contributed by atoms with Crippen molar-refractivity contribution in [1.29, 1.82) is 0 Å². The molecule has 0 aliphatic carbocycles. The Labute approximate surface area is 189 Å². The average molecular weight is 457 g/mol. The van der Waals surface area contributed by atoms with Crippen LogP contribution in [-0.4, -0.2) is 56.7 Å². The second-order valence-corrected chi connectivity index (χ2v) is 9.63. The van der Waals surface area contributed by atoms with Crippen molar-refractivity contribution in [2.75, 3.05) is 27.2 Å². The van der Waals surface area contributed by atoms with Gasteiger partial charge in [-0.2, -0.15) is 4.31 Å². The largest absolute Gasteiger partial charge is 0.465 e. The van der Waals surface area contributed by atoms with E-state index < -0.39 is 16.0 Å². The molecule has 1 saturated heterocycles. The highest BCUT2D eigenvalue weighted by Crippen LogP contribution is 2.23. The fourth-order valence-electron chi connectivity index (χ4n) is 3.70. The second-order valence-electron chi connectivity index (χ2n) is 7.81. The normalized spacial score (nSPS) is 15.6. The van der Waals surface area contributed by atoms with Gasteiger partial charge >= 0.3 is 5.97 Å². The van der Waals surface area contributed by atoms with E-state index in [9.17, 15) is 18.0 Å². The number of methoxy groups -OCH3 is 1. The summed E-state index contributed by atoms with van der Waals surface area (Å²) >= 11 is 0. The zero-order valence-corrected chi connectivity index (χ0v) is 19.1. The number of esters is 1. The summed E-state index contributed by atoms with van der Waals surface area (Å²) in [6.45, 7) is 1.05. The van der Waals surface area contributed by atoms with Crippen molar-refractivity contribution in [2.45, 2.75) is 19.4 Å². The van der Waals surface area contributed by atoms with Crippen molar-refractivity contribution in [3.8, 4) is 0 Å². The molecular weight excluding hydrogens is 428 g/mol. The number of amides is 1. The van der Waals surface area contributed by atoms with Crippen LogP contribution in [0, 0.1) is 5.92 Å². The van der Waals surface area contributed by atoms with Crippen LogP contribution in [0.25, 0.3) is 6.08 Å². The van der Waals surface area contributed by atoms with Gasteiger partial charge in [0.25, 0.3) is 0 Å². The monoisotopic (exact) mass is 456 g/mol. The third-order valence-electron chi connectivity index (χ3n) is 5.57. The summed E-state index contributed by atoms with van der Waals surface area (Å²) in [4.78, 5) is 26.0. The number of carbonyl (C=O) groups is 2. The van der Waals surface area contributed by atoms with Crippen LogP contribution in [0.1, 0.15) is 34.3 Å². The summed E-state index contributed by atoms with van der Waals surface area (Å²) in [5, 5.41) is 1.23. The summed E-state index contributed by atoms with van der Waals surface area (Å²) in [5.74, 6) is -0.612. The number of ether oxygens (including phenoxy) is 1. The van der Waals surface area contributed by atoms with Crippen LogP contribution in [0.5, 0.6) is 0 Å². The number of hydrogen-bond acceptors (Lipinski definition) is 5. The molecular formula is C24H28N2O5S. The van der Waals surface area contributed by atoms with Gasteiger partial charge in [-0.05, 0) is 42.2 Å². The molecule has 32 heavy (non-hydrogen) atoms. The number of hydrogen-bond donors (Lipinski definition) is 0. The van der Waals surface area contributed by atoms with Gasteiger partial charge < -0.3 is 9.64 Å². The van der Waals surface area contributed by atoms with Crippen molar-refractivity contribution >= 4 is 28.0 Å². The molecule has 0 aromatic heterocycles. The zero-order valence-electron chi connectivity index (χ0n) is 18.3. The molecule has 7 nitrogen and oxygen atoms in total. The van der Waals surface area contributed by atoms with Crippen molar-refractivity contribution in [3.63, 3.8) is 0 Å². The summed E-state index contributed by atoms with van der Waals surface area (Å²) in [7, 11) is -0.452. The predicted octanol–water partition coefficient (Wildman–Crippen LogP) is 3.14. The van der Waals surface area contributed by atoms with Crippen LogP contribution < -0.4 is 0 Å². The van der Waals surface area contributed by atoms with Gasteiger partial charge in [-0.1, -0.05) is 42.5 Å². The Kier molecular flexibility index (Phi) is 7.82. The van der Waals surface area contributed by atoms with E-state index in [0.717, 1.165) is 11.1 Å². The van der Waals surface area contributed by atoms with Gasteiger partial charge in [0.2, 0.25) is 15.9 Å². The molecule has 1 fully saturated rings. The Morgan fingerprint density at radius 3 is 2.28 bits per heavy atom. The van der Waals surface area contributed by atoms with E-state index in [1.54, 1.807) is 42.3 Å². The minimum Gasteiger partial charge on any atom is -0.465 e. The topological polar surface area (TPSA) is 84.0 Å². The summed E-state index contributed by atoms with van der Waals surface area (Å²) in [5.41, 5.74) is 2.18. The minimum absolute atomic E-state index is 0.001000. The maximum Gasteiger partial charge on any atom is 0.337 e. The maximum atomic E-state index is 12.9. The van der Waals surface area contributed by atoms with Gasteiger partial charge in [-0.25, -0.2) is 13.2 Å².